The second-order valence-electron chi connectivity index (χ2n) is 5.05. The second kappa shape index (κ2) is 4.91. The predicted octanol–water partition coefficient (Wildman–Crippen LogP) is 3.31. The monoisotopic (exact) mass is 238 g/mol. The van der Waals surface area contributed by atoms with Gasteiger partial charge in [0, 0.05) is 25.0 Å². The fourth-order valence-corrected chi connectivity index (χ4v) is 2.20. The van der Waals surface area contributed by atoms with Crippen molar-refractivity contribution in [3.63, 3.8) is 0 Å². The molecule has 3 rings (SSSR count). The van der Waals surface area contributed by atoms with Crippen LogP contribution in [0.25, 0.3) is 11.1 Å². The van der Waals surface area contributed by atoms with E-state index in [1.54, 1.807) is 0 Å². The van der Waals surface area contributed by atoms with Gasteiger partial charge in [0.2, 0.25) is 0 Å². The number of rotatable bonds is 4. The molecule has 18 heavy (non-hydrogen) atoms. The number of aromatic nitrogens is 1. The van der Waals surface area contributed by atoms with Crippen LogP contribution >= 0.6 is 0 Å². The molecule has 1 N–H and O–H groups in total. The Morgan fingerprint density at radius 3 is 2.94 bits per heavy atom. The minimum absolute atomic E-state index is 0.760. The van der Waals surface area contributed by atoms with Crippen LogP contribution in [0.1, 0.15) is 24.0 Å². The molecule has 0 atom stereocenters. The Balaban J connectivity index is 1.83. The zero-order chi connectivity index (χ0) is 12.4. The molecule has 0 spiro atoms. The summed E-state index contributed by atoms with van der Waals surface area (Å²) < 4.78 is 0. The third-order valence-corrected chi connectivity index (χ3v) is 3.43. The summed E-state index contributed by atoms with van der Waals surface area (Å²) in [5.74, 6) is 0. The van der Waals surface area contributed by atoms with Crippen molar-refractivity contribution in [2.24, 2.45) is 0 Å². The molecule has 0 aliphatic heterocycles. The van der Waals surface area contributed by atoms with E-state index in [-0.39, 0.29) is 0 Å². The van der Waals surface area contributed by atoms with Crippen molar-refractivity contribution in [3.8, 4) is 11.1 Å². The zero-order valence-electron chi connectivity index (χ0n) is 10.7. The lowest BCUT2D eigenvalue weighted by Crippen LogP contribution is -2.15. The first-order valence-electron chi connectivity index (χ1n) is 6.56. The van der Waals surface area contributed by atoms with Crippen LogP contribution in [0.5, 0.6) is 0 Å². The van der Waals surface area contributed by atoms with Crippen molar-refractivity contribution in [2.45, 2.75) is 32.4 Å². The zero-order valence-corrected chi connectivity index (χ0v) is 10.7. The molecule has 0 radical (unpaired) electrons. The Kier molecular flexibility index (Phi) is 3.11. The molecule has 1 aliphatic carbocycles. The Bertz CT molecular complexity index is 544. The summed E-state index contributed by atoms with van der Waals surface area (Å²) in [6.07, 6.45) is 6.45. The molecule has 0 bridgehead atoms. The highest BCUT2D eigenvalue weighted by Gasteiger charge is 2.19. The van der Waals surface area contributed by atoms with E-state index in [0.717, 1.165) is 12.6 Å². The maximum atomic E-state index is 4.15. The van der Waals surface area contributed by atoms with E-state index in [0.29, 0.717) is 0 Å². The quantitative estimate of drug-likeness (QED) is 0.884. The highest BCUT2D eigenvalue weighted by Crippen LogP contribution is 2.24. The molecule has 1 heterocycles. The predicted molar refractivity (Wildman–Crippen MR) is 74.3 cm³/mol. The summed E-state index contributed by atoms with van der Waals surface area (Å²) in [5, 5.41) is 3.55. The van der Waals surface area contributed by atoms with Crippen molar-refractivity contribution < 1.29 is 0 Å². The summed E-state index contributed by atoms with van der Waals surface area (Å²) in [6.45, 7) is 3.08. The highest BCUT2D eigenvalue weighted by atomic mass is 14.9. The standard InChI is InChI=1S/C16H18N2/c1-12-10-17-8-7-16(12)14-4-2-3-13(9-14)11-18-15-5-6-15/h2-4,7-10,15,18H,5-6,11H2,1H3. The Labute approximate surface area is 108 Å². The van der Waals surface area contributed by atoms with Crippen LogP contribution in [-0.4, -0.2) is 11.0 Å². The summed E-state index contributed by atoms with van der Waals surface area (Å²) in [7, 11) is 0. The van der Waals surface area contributed by atoms with Gasteiger partial charge in [-0.2, -0.15) is 0 Å². The van der Waals surface area contributed by atoms with Gasteiger partial charge in [0.05, 0.1) is 0 Å². The average molecular weight is 238 g/mol. The van der Waals surface area contributed by atoms with E-state index in [9.17, 15) is 0 Å². The van der Waals surface area contributed by atoms with E-state index in [1.807, 2.05) is 12.4 Å². The molecule has 1 aromatic carbocycles. The summed E-state index contributed by atoms with van der Waals surface area (Å²) in [4.78, 5) is 4.15. The number of nitrogens with zero attached hydrogens (tertiary/aromatic N) is 1. The van der Waals surface area contributed by atoms with E-state index < -0.39 is 0 Å². The topological polar surface area (TPSA) is 24.9 Å². The second-order valence-corrected chi connectivity index (χ2v) is 5.05. The third kappa shape index (κ3) is 2.59. The van der Waals surface area contributed by atoms with Crippen LogP contribution in [-0.2, 0) is 6.54 Å². The molecule has 0 saturated heterocycles. The van der Waals surface area contributed by atoms with Gasteiger partial charge in [-0.05, 0) is 54.2 Å². The van der Waals surface area contributed by atoms with Gasteiger partial charge in [0.15, 0.2) is 0 Å². The fourth-order valence-electron chi connectivity index (χ4n) is 2.20. The van der Waals surface area contributed by atoms with Crippen LogP contribution in [0, 0.1) is 6.92 Å². The van der Waals surface area contributed by atoms with Crippen molar-refractivity contribution >= 4 is 0 Å². The molecule has 1 aromatic heterocycles. The number of aryl methyl sites for hydroxylation is 1. The molecule has 1 saturated carbocycles. The van der Waals surface area contributed by atoms with Gasteiger partial charge in [0.1, 0.15) is 0 Å². The normalized spacial score (nSPS) is 14.7. The Morgan fingerprint density at radius 1 is 1.28 bits per heavy atom. The first-order valence-corrected chi connectivity index (χ1v) is 6.56. The molecule has 2 aromatic rings. The number of hydrogen-bond acceptors (Lipinski definition) is 2. The van der Waals surface area contributed by atoms with Crippen LogP contribution in [0.15, 0.2) is 42.7 Å². The van der Waals surface area contributed by atoms with Gasteiger partial charge in [-0.3, -0.25) is 4.98 Å². The first kappa shape index (κ1) is 11.4. The molecule has 0 amide bonds. The van der Waals surface area contributed by atoms with E-state index in [1.165, 1.54) is 35.1 Å². The largest absolute Gasteiger partial charge is 0.310 e. The lowest BCUT2D eigenvalue weighted by Gasteiger charge is -2.08. The van der Waals surface area contributed by atoms with Crippen molar-refractivity contribution in [3.05, 3.63) is 53.9 Å². The van der Waals surface area contributed by atoms with Crippen molar-refractivity contribution in [1.29, 1.82) is 0 Å². The minimum atomic E-state index is 0.760. The van der Waals surface area contributed by atoms with Gasteiger partial charge >= 0.3 is 0 Å². The molecule has 1 fully saturated rings. The van der Waals surface area contributed by atoms with Gasteiger partial charge in [0.25, 0.3) is 0 Å². The van der Waals surface area contributed by atoms with Crippen molar-refractivity contribution in [2.75, 3.05) is 0 Å². The van der Waals surface area contributed by atoms with E-state index in [4.69, 9.17) is 0 Å². The summed E-state index contributed by atoms with van der Waals surface area (Å²) in [5.41, 5.74) is 5.14. The molecule has 2 nitrogen and oxygen atoms in total. The van der Waals surface area contributed by atoms with Crippen LogP contribution in [0.3, 0.4) is 0 Å². The third-order valence-electron chi connectivity index (χ3n) is 3.43. The SMILES string of the molecule is Cc1cnccc1-c1cccc(CNC2CC2)c1. The van der Waals surface area contributed by atoms with Gasteiger partial charge in [-0.25, -0.2) is 0 Å². The van der Waals surface area contributed by atoms with Crippen LogP contribution in [0.2, 0.25) is 0 Å². The lowest BCUT2D eigenvalue weighted by atomic mass is 10.0. The molecule has 0 unspecified atom stereocenters. The first-order chi connectivity index (χ1) is 8.83. The van der Waals surface area contributed by atoms with E-state index in [2.05, 4.69) is 47.6 Å². The molecule has 1 aliphatic rings. The molecule has 2 heteroatoms. The maximum absolute atomic E-state index is 4.15. The van der Waals surface area contributed by atoms with Gasteiger partial charge in [-0.15, -0.1) is 0 Å². The molecule has 92 valence electrons. The fraction of sp³-hybridized carbons (Fsp3) is 0.312. The number of pyridine rings is 1. The number of nitrogens with one attached hydrogen (secondary N) is 1. The molecular formula is C16H18N2. The van der Waals surface area contributed by atoms with Crippen molar-refractivity contribution in [1.82, 2.24) is 10.3 Å². The highest BCUT2D eigenvalue weighted by molar-refractivity contribution is 5.66. The lowest BCUT2D eigenvalue weighted by molar-refractivity contribution is 0.688. The van der Waals surface area contributed by atoms with Crippen LogP contribution in [0.4, 0.5) is 0 Å². The Morgan fingerprint density at radius 2 is 2.17 bits per heavy atom. The molecular weight excluding hydrogens is 220 g/mol. The summed E-state index contributed by atoms with van der Waals surface area (Å²) in [6, 6.07) is 11.6. The summed E-state index contributed by atoms with van der Waals surface area (Å²) >= 11 is 0. The van der Waals surface area contributed by atoms with E-state index >= 15 is 0 Å². The van der Waals surface area contributed by atoms with Gasteiger partial charge in [-0.1, -0.05) is 18.2 Å². The minimum Gasteiger partial charge on any atom is -0.310 e. The smallest absolute Gasteiger partial charge is 0.0303 e. The van der Waals surface area contributed by atoms with Gasteiger partial charge < -0.3 is 5.32 Å². The maximum Gasteiger partial charge on any atom is 0.0303 e. The average Bonchev–Trinajstić information content (AvgIpc) is 3.21. The van der Waals surface area contributed by atoms with Crippen LogP contribution < -0.4 is 5.32 Å². The number of benzene rings is 1. The number of hydrogen-bond donors (Lipinski definition) is 1. The Hall–Kier alpha value is -1.67.